The number of hydrogen-bond donors (Lipinski definition) is 1. The second-order valence-electron chi connectivity index (χ2n) is 6.41. The van der Waals surface area contributed by atoms with Crippen molar-refractivity contribution >= 4 is 5.97 Å². The molecule has 0 heterocycles. The summed E-state index contributed by atoms with van der Waals surface area (Å²) in [6.07, 6.45) is 3.50. The first-order valence-electron chi connectivity index (χ1n) is 8.33. The number of aliphatic hydroxyl groups excluding tert-OH is 1. The number of aliphatic hydroxyl groups is 1. The van der Waals surface area contributed by atoms with Crippen LogP contribution in [-0.4, -0.2) is 17.7 Å². The summed E-state index contributed by atoms with van der Waals surface area (Å²) in [4.78, 5) is 12.4. The minimum absolute atomic E-state index is 0.0606. The standard InChI is InChI=1S/C19H30O3/c1-5-7-12-22-18(21)19(4,6-2)13-15(3)17-10-8-16(14-20)9-11-17/h8-11,15,20H,5-7,12-14H2,1-4H3. The quantitative estimate of drug-likeness (QED) is 0.542. The van der Waals surface area contributed by atoms with Crippen LogP contribution >= 0.6 is 0 Å². The molecule has 0 aliphatic carbocycles. The highest BCUT2D eigenvalue weighted by Crippen LogP contribution is 2.35. The molecule has 2 unspecified atom stereocenters. The van der Waals surface area contributed by atoms with Crippen molar-refractivity contribution in [2.45, 2.75) is 65.9 Å². The van der Waals surface area contributed by atoms with Gasteiger partial charge in [0.15, 0.2) is 0 Å². The highest BCUT2D eigenvalue weighted by Gasteiger charge is 2.34. The van der Waals surface area contributed by atoms with Gasteiger partial charge in [-0.3, -0.25) is 4.79 Å². The van der Waals surface area contributed by atoms with E-state index in [0.29, 0.717) is 6.61 Å². The van der Waals surface area contributed by atoms with Crippen LogP contribution < -0.4 is 0 Å². The average molecular weight is 306 g/mol. The second kappa shape index (κ2) is 8.94. The normalized spacial score (nSPS) is 15.1. The van der Waals surface area contributed by atoms with Gasteiger partial charge in [-0.1, -0.05) is 51.5 Å². The van der Waals surface area contributed by atoms with Crippen LogP contribution in [0.2, 0.25) is 0 Å². The predicted octanol–water partition coefficient (Wildman–Crippen LogP) is 4.43. The Morgan fingerprint density at radius 2 is 1.91 bits per heavy atom. The zero-order valence-electron chi connectivity index (χ0n) is 14.4. The maximum absolute atomic E-state index is 12.4. The van der Waals surface area contributed by atoms with Gasteiger partial charge in [-0.05, 0) is 43.2 Å². The molecule has 2 atom stereocenters. The van der Waals surface area contributed by atoms with E-state index in [1.165, 1.54) is 5.56 Å². The number of carbonyl (C=O) groups is 1. The van der Waals surface area contributed by atoms with Gasteiger partial charge in [0.1, 0.15) is 0 Å². The Bertz CT molecular complexity index is 452. The van der Waals surface area contributed by atoms with Crippen LogP contribution in [0.15, 0.2) is 24.3 Å². The average Bonchev–Trinajstić information content (AvgIpc) is 2.54. The van der Waals surface area contributed by atoms with Crippen LogP contribution in [0.1, 0.15) is 70.4 Å². The fourth-order valence-electron chi connectivity index (χ4n) is 2.60. The Morgan fingerprint density at radius 1 is 1.27 bits per heavy atom. The molecule has 0 aliphatic heterocycles. The topological polar surface area (TPSA) is 46.5 Å². The fourth-order valence-corrected chi connectivity index (χ4v) is 2.60. The molecule has 0 radical (unpaired) electrons. The van der Waals surface area contributed by atoms with E-state index in [0.717, 1.165) is 31.2 Å². The number of benzene rings is 1. The van der Waals surface area contributed by atoms with E-state index in [1.807, 2.05) is 38.1 Å². The van der Waals surface area contributed by atoms with E-state index >= 15 is 0 Å². The summed E-state index contributed by atoms with van der Waals surface area (Å²) in [5.41, 5.74) is 1.66. The molecule has 3 nitrogen and oxygen atoms in total. The molecule has 1 rings (SSSR count). The van der Waals surface area contributed by atoms with Crippen molar-refractivity contribution in [3.05, 3.63) is 35.4 Å². The SMILES string of the molecule is CCCCOC(=O)C(C)(CC)CC(C)c1ccc(CO)cc1. The first kappa shape index (κ1) is 18.7. The molecular weight excluding hydrogens is 276 g/mol. The van der Waals surface area contributed by atoms with Crippen LogP contribution in [0, 0.1) is 5.41 Å². The molecular formula is C19H30O3. The number of rotatable bonds is 9. The smallest absolute Gasteiger partial charge is 0.311 e. The van der Waals surface area contributed by atoms with Gasteiger partial charge in [0.05, 0.1) is 18.6 Å². The van der Waals surface area contributed by atoms with Gasteiger partial charge in [0, 0.05) is 0 Å². The number of unbranched alkanes of at least 4 members (excludes halogenated alkanes) is 1. The Morgan fingerprint density at radius 3 is 2.41 bits per heavy atom. The summed E-state index contributed by atoms with van der Waals surface area (Å²) in [6, 6.07) is 7.95. The molecule has 0 aromatic heterocycles. The van der Waals surface area contributed by atoms with E-state index in [1.54, 1.807) is 0 Å². The largest absolute Gasteiger partial charge is 0.465 e. The summed E-state index contributed by atoms with van der Waals surface area (Å²) in [7, 11) is 0. The fraction of sp³-hybridized carbons (Fsp3) is 0.632. The van der Waals surface area contributed by atoms with E-state index in [9.17, 15) is 4.79 Å². The maximum atomic E-state index is 12.4. The van der Waals surface area contributed by atoms with Crippen molar-refractivity contribution in [1.29, 1.82) is 0 Å². The Labute approximate surface area is 134 Å². The van der Waals surface area contributed by atoms with E-state index in [-0.39, 0.29) is 18.5 Å². The lowest BCUT2D eigenvalue weighted by Gasteiger charge is -2.29. The monoisotopic (exact) mass is 306 g/mol. The lowest BCUT2D eigenvalue weighted by Crippen LogP contribution is -2.31. The first-order valence-corrected chi connectivity index (χ1v) is 8.33. The summed E-state index contributed by atoms with van der Waals surface area (Å²) in [5, 5.41) is 9.11. The molecule has 22 heavy (non-hydrogen) atoms. The van der Waals surface area contributed by atoms with Crippen LogP contribution in [0.3, 0.4) is 0 Å². The van der Waals surface area contributed by atoms with Crippen LogP contribution in [-0.2, 0) is 16.1 Å². The minimum atomic E-state index is -0.442. The number of esters is 1. The summed E-state index contributed by atoms with van der Waals surface area (Å²) >= 11 is 0. The van der Waals surface area contributed by atoms with E-state index in [4.69, 9.17) is 9.84 Å². The van der Waals surface area contributed by atoms with Crippen molar-refractivity contribution in [1.82, 2.24) is 0 Å². The second-order valence-corrected chi connectivity index (χ2v) is 6.41. The number of carbonyl (C=O) groups excluding carboxylic acids is 1. The third-order valence-corrected chi connectivity index (χ3v) is 4.49. The highest BCUT2D eigenvalue weighted by molar-refractivity contribution is 5.76. The third-order valence-electron chi connectivity index (χ3n) is 4.49. The summed E-state index contributed by atoms with van der Waals surface area (Å²) in [6.45, 7) is 8.85. The van der Waals surface area contributed by atoms with E-state index in [2.05, 4.69) is 13.8 Å². The third kappa shape index (κ3) is 5.13. The van der Waals surface area contributed by atoms with Crippen molar-refractivity contribution in [2.24, 2.45) is 5.41 Å². The van der Waals surface area contributed by atoms with Gasteiger partial charge >= 0.3 is 5.97 Å². The van der Waals surface area contributed by atoms with Crippen molar-refractivity contribution < 1.29 is 14.6 Å². The molecule has 0 fully saturated rings. The minimum Gasteiger partial charge on any atom is -0.465 e. The Hall–Kier alpha value is -1.35. The van der Waals surface area contributed by atoms with Crippen LogP contribution in [0.4, 0.5) is 0 Å². The van der Waals surface area contributed by atoms with Crippen LogP contribution in [0.5, 0.6) is 0 Å². The zero-order valence-corrected chi connectivity index (χ0v) is 14.4. The van der Waals surface area contributed by atoms with E-state index < -0.39 is 5.41 Å². The molecule has 1 aromatic rings. The first-order chi connectivity index (χ1) is 10.5. The molecule has 3 heteroatoms. The molecule has 1 N–H and O–H groups in total. The number of ether oxygens (including phenoxy) is 1. The molecule has 0 saturated carbocycles. The molecule has 1 aromatic carbocycles. The number of hydrogen-bond acceptors (Lipinski definition) is 3. The van der Waals surface area contributed by atoms with Crippen molar-refractivity contribution in [3.8, 4) is 0 Å². The Balaban J connectivity index is 2.71. The molecule has 0 aliphatic rings. The van der Waals surface area contributed by atoms with Gasteiger partial charge in [0.2, 0.25) is 0 Å². The predicted molar refractivity (Wildman–Crippen MR) is 89.7 cm³/mol. The molecule has 0 amide bonds. The molecule has 0 spiro atoms. The van der Waals surface area contributed by atoms with Gasteiger partial charge in [-0.15, -0.1) is 0 Å². The van der Waals surface area contributed by atoms with Gasteiger partial charge in [0.25, 0.3) is 0 Å². The lowest BCUT2D eigenvalue weighted by atomic mass is 9.77. The van der Waals surface area contributed by atoms with Gasteiger partial charge < -0.3 is 9.84 Å². The molecule has 0 saturated heterocycles. The highest BCUT2D eigenvalue weighted by atomic mass is 16.5. The van der Waals surface area contributed by atoms with Crippen molar-refractivity contribution in [2.75, 3.05) is 6.61 Å². The zero-order chi connectivity index (χ0) is 16.6. The lowest BCUT2D eigenvalue weighted by molar-refractivity contribution is -0.156. The maximum Gasteiger partial charge on any atom is 0.311 e. The van der Waals surface area contributed by atoms with Gasteiger partial charge in [-0.25, -0.2) is 0 Å². The molecule has 124 valence electrons. The van der Waals surface area contributed by atoms with Crippen molar-refractivity contribution in [3.63, 3.8) is 0 Å². The summed E-state index contributed by atoms with van der Waals surface area (Å²) < 4.78 is 5.44. The summed E-state index contributed by atoms with van der Waals surface area (Å²) in [5.74, 6) is 0.193. The Kier molecular flexibility index (Phi) is 7.60. The van der Waals surface area contributed by atoms with Crippen LogP contribution in [0.25, 0.3) is 0 Å². The molecule has 0 bridgehead atoms. The van der Waals surface area contributed by atoms with Gasteiger partial charge in [-0.2, -0.15) is 0 Å².